The van der Waals surface area contributed by atoms with Gasteiger partial charge in [0.15, 0.2) is 11.9 Å². The number of Topliss-reactive ketones (excluding diaryl/α,β-unsaturated/α-hetero) is 1. The fourth-order valence-electron chi connectivity index (χ4n) is 3.50. The van der Waals surface area contributed by atoms with Crippen molar-refractivity contribution in [3.8, 4) is 11.5 Å². The van der Waals surface area contributed by atoms with Crippen molar-refractivity contribution in [2.75, 3.05) is 25.6 Å². The van der Waals surface area contributed by atoms with Crippen LogP contribution < -0.4 is 14.4 Å². The molecule has 29 heavy (non-hydrogen) atoms. The van der Waals surface area contributed by atoms with Crippen molar-refractivity contribution in [3.63, 3.8) is 0 Å². The third-order valence-electron chi connectivity index (χ3n) is 5.06. The van der Waals surface area contributed by atoms with E-state index in [-0.39, 0.29) is 11.5 Å². The van der Waals surface area contributed by atoms with Crippen LogP contribution in [0.25, 0.3) is 6.08 Å². The number of anilines is 1. The van der Waals surface area contributed by atoms with E-state index in [9.17, 15) is 9.59 Å². The van der Waals surface area contributed by atoms with Crippen molar-refractivity contribution in [2.45, 2.75) is 25.9 Å². The number of carbonyl (C=O) groups excluding carboxylic acids is 2. The van der Waals surface area contributed by atoms with E-state index in [0.717, 1.165) is 17.7 Å². The van der Waals surface area contributed by atoms with Crippen LogP contribution in [-0.2, 0) is 9.53 Å². The number of ketones is 1. The van der Waals surface area contributed by atoms with Crippen LogP contribution in [0, 0.1) is 6.92 Å². The summed E-state index contributed by atoms with van der Waals surface area (Å²) in [6.07, 6.45) is 2.72. The van der Waals surface area contributed by atoms with Crippen LogP contribution in [0.1, 0.15) is 34.3 Å². The molecule has 1 unspecified atom stereocenters. The summed E-state index contributed by atoms with van der Waals surface area (Å²) in [5.41, 5.74) is 3.14. The number of allylic oxidation sites excluding steroid dienone is 1. The van der Waals surface area contributed by atoms with Crippen LogP contribution in [0.5, 0.6) is 11.5 Å². The van der Waals surface area contributed by atoms with Gasteiger partial charge in [-0.3, -0.25) is 4.79 Å². The summed E-state index contributed by atoms with van der Waals surface area (Å²) in [6, 6.07) is 11.1. The number of benzene rings is 2. The molecule has 4 rings (SSSR count). The molecule has 1 saturated heterocycles. The van der Waals surface area contributed by atoms with Gasteiger partial charge in [0.05, 0.1) is 5.56 Å². The molecule has 0 amide bonds. The molecule has 0 bridgehead atoms. The number of esters is 1. The largest absolute Gasteiger partial charge is 0.452 e. The Labute approximate surface area is 169 Å². The third kappa shape index (κ3) is 3.89. The Morgan fingerprint density at radius 3 is 2.62 bits per heavy atom. The zero-order valence-corrected chi connectivity index (χ0v) is 16.7. The van der Waals surface area contributed by atoms with Crippen LogP contribution >= 0.6 is 0 Å². The van der Waals surface area contributed by atoms with Crippen LogP contribution in [0.15, 0.2) is 42.2 Å². The number of rotatable bonds is 4. The fraction of sp³-hybridized carbons (Fsp3) is 0.304. The van der Waals surface area contributed by atoms with Crippen LogP contribution in [0.3, 0.4) is 0 Å². The Hall–Kier alpha value is -3.12. The van der Waals surface area contributed by atoms with Gasteiger partial charge in [0, 0.05) is 32.5 Å². The highest BCUT2D eigenvalue weighted by Crippen LogP contribution is 2.37. The van der Waals surface area contributed by atoms with Crippen LogP contribution in [-0.4, -0.2) is 38.6 Å². The molecule has 0 spiro atoms. The lowest BCUT2D eigenvalue weighted by molar-refractivity contribution is -0.144. The second-order valence-electron chi connectivity index (χ2n) is 7.46. The number of hydrogen-bond acceptors (Lipinski definition) is 6. The van der Waals surface area contributed by atoms with Crippen molar-refractivity contribution < 1.29 is 23.8 Å². The predicted octanol–water partition coefficient (Wildman–Crippen LogP) is 3.76. The standard InChI is InChI=1S/C23H23NO5/c1-14-11-17(28-23(26)18-5-4-10-27-18)13-19-21(14)22(25)20(29-19)12-15-6-8-16(9-7-15)24(2)3/h6-9,11-13,18H,4-5,10H2,1-3H3/b20-12-. The van der Waals surface area contributed by atoms with Gasteiger partial charge in [0.2, 0.25) is 5.78 Å². The maximum Gasteiger partial charge on any atom is 0.340 e. The van der Waals surface area contributed by atoms with Gasteiger partial charge in [-0.1, -0.05) is 12.1 Å². The summed E-state index contributed by atoms with van der Waals surface area (Å²) in [4.78, 5) is 27.0. The predicted molar refractivity (Wildman–Crippen MR) is 109 cm³/mol. The number of aryl methyl sites for hydroxylation is 1. The molecule has 150 valence electrons. The molecule has 2 heterocycles. The van der Waals surface area contributed by atoms with E-state index in [1.54, 1.807) is 25.1 Å². The van der Waals surface area contributed by atoms with E-state index < -0.39 is 12.1 Å². The summed E-state index contributed by atoms with van der Waals surface area (Å²) in [7, 11) is 3.94. The van der Waals surface area contributed by atoms with Gasteiger partial charge in [0.1, 0.15) is 11.5 Å². The number of hydrogen-bond donors (Lipinski definition) is 0. The first kappa shape index (κ1) is 19.2. The van der Waals surface area contributed by atoms with Crippen LogP contribution in [0.2, 0.25) is 0 Å². The molecule has 1 fully saturated rings. The van der Waals surface area contributed by atoms with Gasteiger partial charge in [0.25, 0.3) is 0 Å². The Morgan fingerprint density at radius 1 is 1.21 bits per heavy atom. The highest BCUT2D eigenvalue weighted by atomic mass is 16.6. The SMILES string of the molecule is Cc1cc(OC(=O)C2CCCO2)cc2c1C(=O)/C(=C/c1ccc(N(C)C)cc1)O2. The summed E-state index contributed by atoms with van der Waals surface area (Å²) in [5, 5.41) is 0. The summed E-state index contributed by atoms with van der Waals surface area (Å²) in [6.45, 7) is 2.38. The van der Waals surface area contributed by atoms with E-state index in [4.69, 9.17) is 14.2 Å². The number of nitrogens with zero attached hydrogens (tertiary/aromatic N) is 1. The monoisotopic (exact) mass is 393 g/mol. The number of ether oxygens (including phenoxy) is 3. The molecule has 0 radical (unpaired) electrons. The molecule has 0 N–H and O–H groups in total. The highest BCUT2D eigenvalue weighted by Gasteiger charge is 2.31. The number of fused-ring (bicyclic) bond motifs is 1. The van der Waals surface area contributed by atoms with E-state index in [1.807, 2.05) is 43.3 Å². The van der Waals surface area contributed by atoms with Crippen molar-refractivity contribution in [3.05, 3.63) is 58.8 Å². The molecule has 6 nitrogen and oxygen atoms in total. The average molecular weight is 393 g/mol. The van der Waals surface area contributed by atoms with E-state index in [1.165, 1.54) is 0 Å². The van der Waals surface area contributed by atoms with Gasteiger partial charge in [-0.2, -0.15) is 0 Å². The molecule has 0 aliphatic carbocycles. The molecule has 2 aromatic carbocycles. The normalized spacial score (nSPS) is 19.2. The van der Waals surface area contributed by atoms with Gasteiger partial charge >= 0.3 is 5.97 Å². The molecule has 0 saturated carbocycles. The lowest BCUT2D eigenvalue weighted by Crippen LogP contribution is -2.24. The fourth-order valence-corrected chi connectivity index (χ4v) is 3.50. The van der Waals surface area contributed by atoms with E-state index in [0.29, 0.717) is 35.7 Å². The molecule has 1 atom stereocenters. The van der Waals surface area contributed by atoms with Gasteiger partial charge in [-0.15, -0.1) is 0 Å². The first-order chi connectivity index (χ1) is 13.9. The third-order valence-corrected chi connectivity index (χ3v) is 5.06. The second kappa shape index (κ2) is 7.72. The molecule has 2 aliphatic rings. The second-order valence-corrected chi connectivity index (χ2v) is 7.46. The summed E-state index contributed by atoms with van der Waals surface area (Å²) < 4.78 is 16.6. The van der Waals surface area contributed by atoms with E-state index >= 15 is 0 Å². The highest BCUT2D eigenvalue weighted by molar-refractivity contribution is 6.15. The van der Waals surface area contributed by atoms with Crippen molar-refractivity contribution >= 4 is 23.5 Å². The van der Waals surface area contributed by atoms with Gasteiger partial charge in [-0.05, 0) is 55.2 Å². The van der Waals surface area contributed by atoms with Crippen molar-refractivity contribution in [1.82, 2.24) is 0 Å². The smallest absolute Gasteiger partial charge is 0.340 e. The first-order valence-corrected chi connectivity index (χ1v) is 9.62. The molecule has 2 aliphatic heterocycles. The molecule has 2 aromatic rings. The van der Waals surface area contributed by atoms with E-state index in [2.05, 4.69) is 0 Å². The zero-order valence-electron chi connectivity index (χ0n) is 16.7. The molecular formula is C23H23NO5. The Bertz CT molecular complexity index is 985. The molecule has 0 aromatic heterocycles. The Kier molecular flexibility index (Phi) is 5.11. The molecular weight excluding hydrogens is 370 g/mol. The van der Waals surface area contributed by atoms with Gasteiger partial charge in [-0.25, -0.2) is 4.79 Å². The molecule has 6 heteroatoms. The quantitative estimate of drug-likeness (QED) is 0.448. The van der Waals surface area contributed by atoms with Crippen molar-refractivity contribution in [1.29, 1.82) is 0 Å². The minimum absolute atomic E-state index is 0.175. The summed E-state index contributed by atoms with van der Waals surface area (Å²) in [5.74, 6) is 0.421. The number of carbonyl (C=O) groups is 2. The lowest BCUT2D eigenvalue weighted by Gasteiger charge is -2.11. The Morgan fingerprint density at radius 2 is 1.97 bits per heavy atom. The zero-order chi connectivity index (χ0) is 20.5. The lowest BCUT2D eigenvalue weighted by atomic mass is 10.0. The van der Waals surface area contributed by atoms with Crippen molar-refractivity contribution in [2.24, 2.45) is 0 Å². The average Bonchev–Trinajstić information content (AvgIpc) is 3.31. The topological polar surface area (TPSA) is 65.1 Å². The maximum absolute atomic E-state index is 12.8. The first-order valence-electron chi connectivity index (χ1n) is 9.62. The minimum Gasteiger partial charge on any atom is -0.452 e. The summed E-state index contributed by atoms with van der Waals surface area (Å²) >= 11 is 0. The minimum atomic E-state index is -0.522. The maximum atomic E-state index is 12.8. The van der Waals surface area contributed by atoms with Gasteiger partial charge < -0.3 is 19.1 Å². The Balaban J connectivity index is 1.55. The van der Waals surface area contributed by atoms with Crippen LogP contribution in [0.4, 0.5) is 5.69 Å².